The molecule has 0 amide bonds. The topological polar surface area (TPSA) is 48.1 Å². The van der Waals surface area contributed by atoms with Crippen molar-refractivity contribution in [3.8, 4) is 5.75 Å². The summed E-state index contributed by atoms with van der Waals surface area (Å²) in [5, 5.41) is 0. The van der Waals surface area contributed by atoms with E-state index in [4.69, 9.17) is 10.5 Å². The third-order valence-electron chi connectivity index (χ3n) is 2.73. The lowest BCUT2D eigenvalue weighted by Gasteiger charge is -2.33. The zero-order valence-corrected chi connectivity index (χ0v) is 7.73. The summed E-state index contributed by atoms with van der Waals surface area (Å²) in [6, 6.07) is 2.34. The number of nitrogens with zero attached hydrogens (tertiary/aromatic N) is 1. The fourth-order valence-corrected chi connectivity index (χ4v) is 1.69. The van der Waals surface area contributed by atoms with Crippen LogP contribution in [0.5, 0.6) is 5.75 Å². The first-order valence-corrected chi connectivity index (χ1v) is 4.56. The highest BCUT2D eigenvalue weighted by molar-refractivity contribution is 5.28. The van der Waals surface area contributed by atoms with E-state index in [1.807, 2.05) is 12.3 Å². The van der Waals surface area contributed by atoms with Gasteiger partial charge in [-0.05, 0) is 24.5 Å². The van der Waals surface area contributed by atoms with Gasteiger partial charge in [-0.2, -0.15) is 0 Å². The lowest BCUT2D eigenvalue weighted by Crippen LogP contribution is -2.37. The van der Waals surface area contributed by atoms with Crippen LogP contribution in [-0.4, -0.2) is 18.1 Å². The van der Waals surface area contributed by atoms with E-state index in [-0.39, 0.29) is 0 Å². The zero-order chi connectivity index (χ0) is 9.26. The van der Waals surface area contributed by atoms with Gasteiger partial charge in [0.05, 0.1) is 13.3 Å². The van der Waals surface area contributed by atoms with Gasteiger partial charge < -0.3 is 10.5 Å². The standard InChI is InChI=1S/C10H14N2O/c1-13-8-4-7(5-12-6-8)9-2-3-10(9)11/h4-6,9-10H,2-3,11H2,1H3. The van der Waals surface area contributed by atoms with E-state index in [2.05, 4.69) is 4.98 Å². The number of nitrogens with two attached hydrogens (primary N) is 1. The SMILES string of the molecule is COc1cncc(C2CCC2N)c1. The normalized spacial score (nSPS) is 26.6. The molecule has 0 aliphatic heterocycles. The number of hydrogen-bond donors (Lipinski definition) is 1. The molecular weight excluding hydrogens is 164 g/mol. The molecule has 3 heteroatoms. The van der Waals surface area contributed by atoms with Crippen LogP contribution in [0.1, 0.15) is 24.3 Å². The Morgan fingerprint density at radius 1 is 1.46 bits per heavy atom. The van der Waals surface area contributed by atoms with E-state index >= 15 is 0 Å². The number of ether oxygens (including phenoxy) is 1. The Balaban J connectivity index is 2.20. The van der Waals surface area contributed by atoms with Gasteiger partial charge in [-0.3, -0.25) is 4.98 Å². The third kappa shape index (κ3) is 1.52. The Labute approximate surface area is 77.9 Å². The maximum absolute atomic E-state index is 5.88. The Hall–Kier alpha value is -1.09. The Morgan fingerprint density at radius 3 is 2.85 bits per heavy atom. The maximum atomic E-state index is 5.88. The van der Waals surface area contributed by atoms with E-state index < -0.39 is 0 Å². The highest BCUT2D eigenvalue weighted by Crippen LogP contribution is 2.35. The lowest BCUT2D eigenvalue weighted by atomic mass is 9.76. The minimum atomic E-state index is 0.314. The van der Waals surface area contributed by atoms with Gasteiger partial charge in [-0.15, -0.1) is 0 Å². The quantitative estimate of drug-likeness (QED) is 0.742. The van der Waals surface area contributed by atoms with Crippen molar-refractivity contribution in [2.75, 3.05) is 7.11 Å². The van der Waals surface area contributed by atoms with E-state index in [1.165, 1.54) is 12.0 Å². The second-order valence-electron chi connectivity index (χ2n) is 3.51. The summed E-state index contributed by atoms with van der Waals surface area (Å²) in [4.78, 5) is 4.11. The van der Waals surface area contributed by atoms with Gasteiger partial charge in [0.15, 0.2) is 0 Å². The highest BCUT2D eigenvalue weighted by Gasteiger charge is 2.29. The molecule has 0 bridgehead atoms. The predicted molar refractivity (Wildman–Crippen MR) is 50.7 cm³/mol. The number of methoxy groups -OCH3 is 1. The summed E-state index contributed by atoms with van der Waals surface area (Å²) in [7, 11) is 1.65. The Morgan fingerprint density at radius 2 is 2.31 bits per heavy atom. The summed E-state index contributed by atoms with van der Waals surface area (Å²) < 4.78 is 5.11. The third-order valence-corrected chi connectivity index (χ3v) is 2.73. The molecule has 1 fully saturated rings. The van der Waals surface area contributed by atoms with Crippen LogP contribution in [0, 0.1) is 0 Å². The average Bonchev–Trinajstić information content (AvgIpc) is 2.16. The molecule has 1 aliphatic rings. The van der Waals surface area contributed by atoms with Crippen LogP contribution in [0.3, 0.4) is 0 Å². The zero-order valence-electron chi connectivity index (χ0n) is 7.73. The summed E-state index contributed by atoms with van der Waals surface area (Å²) in [5.41, 5.74) is 7.08. The monoisotopic (exact) mass is 178 g/mol. The van der Waals surface area contributed by atoms with Crippen LogP contribution >= 0.6 is 0 Å². The average molecular weight is 178 g/mol. The first-order chi connectivity index (χ1) is 6.31. The summed E-state index contributed by atoms with van der Waals surface area (Å²) in [6.07, 6.45) is 5.90. The molecule has 2 rings (SSSR count). The van der Waals surface area contributed by atoms with Crippen molar-refractivity contribution in [2.45, 2.75) is 24.8 Å². The first-order valence-electron chi connectivity index (χ1n) is 4.56. The Kier molecular flexibility index (Phi) is 2.19. The molecule has 3 nitrogen and oxygen atoms in total. The fraction of sp³-hybridized carbons (Fsp3) is 0.500. The lowest BCUT2D eigenvalue weighted by molar-refractivity contribution is 0.343. The predicted octanol–water partition coefficient (Wildman–Crippen LogP) is 1.29. The van der Waals surface area contributed by atoms with Gasteiger partial charge in [0.2, 0.25) is 0 Å². The molecule has 1 saturated carbocycles. The summed E-state index contributed by atoms with van der Waals surface area (Å²) >= 11 is 0. The van der Waals surface area contributed by atoms with Gasteiger partial charge in [0.25, 0.3) is 0 Å². The van der Waals surface area contributed by atoms with Gasteiger partial charge in [0.1, 0.15) is 5.75 Å². The van der Waals surface area contributed by atoms with Crippen molar-refractivity contribution in [1.29, 1.82) is 0 Å². The van der Waals surface area contributed by atoms with Crippen molar-refractivity contribution in [2.24, 2.45) is 5.73 Å². The van der Waals surface area contributed by atoms with Crippen LogP contribution < -0.4 is 10.5 Å². The number of pyridine rings is 1. The van der Waals surface area contributed by atoms with Gasteiger partial charge >= 0.3 is 0 Å². The van der Waals surface area contributed by atoms with E-state index in [1.54, 1.807) is 13.3 Å². The van der Waals surface area contributed by atoms with Crippen molar-refractivity contribution in [3.05, 3.63) is 24.0 Å². The minimum Gasteiger partial charge on any atom is -0.495 e. The number of rotatable bonds is 2. The maximum Gasteiger partial charge on any atom is 0.137 e. The highest BCUT2D eigenvalue weighted by atomic mass is 16.5. The van der Waals surface area contributed by atoms with Gasteiger partial charge in [0, 0.05) is 18.2 Å². The van der Waals surface area contributed by atoms with Gasteiger partial charge in [-0.25, -0.2) is 0 Å². The molecule has 13 heavy (non-hydrogen) atoms. The summed E-state index contributed by atoms with van der Waals surface area (Å²) in [5.74, 6) is 1.30. The first kappa shape index (κ1) is 8.51. The van der Waals surface area contributed by atoms with Crippen LogP contribution in [-0.2, 0) is 0 Å². The second-order valence-corrected chi connectivity index (χ2v) is 3.51. The molecule has 2 atom stereocenters. The van der Waals surface area contributed by atoms with E-state index in [9.17, 15) is 0 Å². The van der Waals surface area contributed by atoms with Crippen LogP contribution in [0.15, 0.2) is 18.5 Å². The minimum absolute atomic E-state index is 0.314. The molecule has 0 saturated heterocycles. The van der Waals surface area contributed by atoms with Crippen molar-refractivity contribution >= 4 is 0 Å². The smallest absolute Gasteiger partial charge is 0.137 e. The van der Waals surface area contributed by atoms with Crippen LogP contribution in [0.2, 0.25) is 0 Å². The van der Waals surface area contributed by atoms with Gasteiger partial charge in [-0.1, -0.05) is 0 Å². The molecule has 1 aliphatic carbocycles. The molecular formula is C10H14N2O. The summed E-state index contributed by atoms with van der Waals surface area (Å²) in [6.45, 7) is 0. The second kappa shape index (κ2) is 3.34. The molecule has 2 unspecified atom stereocenters. The molecule has 2 N–H and O–H groups in total. The molecule has 0 aromatic carbocycles. The van der Waals surface area contributed by atoms with Crippen molar-refractivity contribution in [3.63, 3.8) is 0 Å². The van der Waals surface area contributed by atoms with E-state index in [0.717, 1.165) is 12.2 Å². The number of hydrogen-bond acceptors (Lipinski definition) is 3. The molecule has 0 spiro atoms. The fourth-order valence-electron chi connectivity index (χ4n) is 1.69. The molecule has 1 aromatic rings. The largest absolute Gasteiger partial charge is 0.495 e. The van der Waals surface area contributed by atoms with Crippen LogP contribution in [0.25, 0.3) is 0 Å². The number of aromatic nitrogens is 1. The Bertz CT molecular complexity index is 301. The van der Waals surface area contributed by atoms with Crippen molar-refractivity contribution in [1.82, 2.24) is 4.98 Å². The molecule has 70 valence electrons. The van der Waals surface area contributed by atoms with E-state index in [0.29, 0.717) is 12.0 Å². The molecule has 1 aromatic heterocycles. The van der Waals surface area contributed by atoms with Crippen LogP contribution in [0.4, 0.5) is 0 Å². The molecule has 1 heterocycles. The van der Waals surface area contributed by atoms with Crippen molar-refractivity contribution < 1.29 is 4.74 Å². The molecule has 0 radical (unpaired) electrons.